The average Bonchev–Trinajstić information content (AvgIpc) is 3.32. The van der Waals surface area contributed by atoms with Gasteiger partial charge in [-0.25, -0.2) is 0 Å². The van der Waals surface area contributed by atoms with E-state index in [0.29, 0.717) is 16.7 Å². The third-order valence-corrected chi connectivity index (χ3v) is 6.03. The van der Waals surface area contributed by atoms with E-state index >= 15 is 0 Å². The van der Waals surface area contributed by atoms with Crippen molar-refractivity contribution >= 4 is 34.6 Å². The molecule has 6 heteroatoms. The first-order valence-electron chi connectivity index (χ1n) is 9.73. The van der Waals surface area contributed by atoms with E-state index in [-0.39, 0.29) is 5.91 Å². The number of carbonyl (C=O) groups excluding carboxylic acids is 1. The smallest absolute Gasteiger partial charge is 0.255 e. The molecule has 2 aliphatic rings. The van der Waals surface area contributed by atoms with E-state index in [4.69, 9.17) is 17.0 Å². The summed E-state index contributed by atoms with van der Waals surface area (Å²) in [7, 11) is 1.61. The molecule has 2 aromatic carbocycles. The highest BCUT2D eigenvalue weighted by atomic mass is 32.1. The SMILES string of the molecule is COc1ccc(NC(=O)c2ccc(NC(=S)N[C@@H]3C[C@H]4CC[C@@H]3C4)cc2)cc1. The molecule has 1 amide bonds. The molecule has 0 unspecified atom stereocenters. The molecule has 2 aliphatic carbocycles. The Labute approximate surface area is 170 Å². The molecule has 0 saturated heterocycles. The molecule has 28 heavy (non-hydrogen) atoms. The minimum atomic E-state index is -0.153. The van der Waals surface area contributed by atoms with Gasteiger partial charge in [-0.05, 0) is 91.8 Å². The number of amides is 1. The number of hydrogen-bond acceptors (Lipinski definition) is 3. The number of benzene rings is 2. The summed E-state index contributed by atoms with van der Waals surface area (Å²) in [6, 6.07) is 15.1. The number of nitrogens with one attached hydrogen (secondary N) is 3. The van der Waals surface area contributed by atoms with Gasteiger partial charge in [0.05, 0.1) is 7.11 Å². The predicted molar refractivity (Wildman–Crippen MR) is 116 cm³/mol. The van der Waals surface area contributed by atoms with E-state index in [2.05, 4.69) is 16.0 Å². The van der Waals surface area contributed by atoms with Crippen molar-refractivity contribution in [2.45, 2.75) is 31.7 Å². The zero-order chi connectivity index (χ0) is 19.5. The topological polar surface area (TPSA) is 62.4 Å². The minimum absolute atomic E-state index is 0.153. The van der Waals surface area contributed by atoms with Gasteiger partial charge in [0.15, 0.2) is 5.11 Å². The second kappa shape index (κ2) is 8.19. The fourth-order valence-electron chi connectivity index (χ4n) is 4.34. The van der Waals surface area contributed by atoms with Crippen LogP contribution in [0.5, 0.6) is 5.75 Å². The maximum atomic E-state index is 12.4. The fourth-order valence-corrected chi connectivity index (χ4v) is 4.61. The molecule has 4 rings (SSSR count). The number of anilines is 2. The molecule has 2 fully saturated rings. The van der Waals surface area contributed by atoms with Crippen LogP contribution in [0.4, 0.5) is 11.4 Å². The summed E-state index contributed by atoms with van der Waals surface area (Å²) in [5, 5.41) is 10.2. The standard InChI is InChI=1S/C22H25N3O2S/c1-27-19-10-8-17(9-11-19)23-21(26)15-4-6-18(7-5-15)24-22(28)25-20-13-14-2-3-16(20)12-14/h4-11,14,16,20H,2-3,12-13H2,1H3,(H,23,26)(H2,24,25,28)/t14-,16+,20+/m0/s1. The predicted octanol–water partition coefficient (Wildman–Crippen LogP) is 4.42. The number of methoxy groups -OCH3 is 1. The van der Waals surface area contributed by atoms with Gasteiger partial charge in [0.1, 0.15) is 5.75 Å². The summed E-state index contributed by atoms with van der Waals surface area (Å²) >= 11 is 5.47. The van der Waals surface area contributed by atoms with E-state index < -0.39 is 0 Å². The normalized spacial score (nSPS) is 22.5. The molecule has 0 aromatic heterocycles. The lowest BCUT2D eigenvalue weighted by Gasteiger charge is -2.24. The molecule has 0 spiro atoms. The Morgan fingerprint density at radius 2 is 1.64 bits per heavy atom. The lowest BCUT2D eigenvalue weighted by Crippen LogP contribution is -2.40. The highest BCUT2D eigenvalue weighted by Crippen LogP contribution is 2.44. The molecule has 2 aromatic rings. The van der Waals surface area contributed by atoms with E-state index in [1.165, 1.54) is 25.7 Å². The Bertz CT molecular complexity index is 851. The zero-order valence-corrected chi connectivity index (χ0v) is 16.7. The highest BCUT2D eigenvalue weighted by molar-refractivity contribution is 7.80. The lowest BCUT2D eigenvalue weighted by molar-refractivity contribution is 0.102. The summed E-state index contributed by atoms with van der Waals surface area (Å²) in [5.41, 5.74) is 2.19. The van der Waals surface area contributed by atoms with Gasteiger partial charge < -0.3 is 20.7 Å². The van der Waals surface area contributed by atoms with Gasteiger partial charge >= 0.3 is 0 Å². The van der Waals surface area contributed by atoms with Crippen molar-refractivity contribution < 1.29 is 9.53 Å². The maximum absolute atomic E-state index is 12.4. The van der Waals surface area contributed by atoms with Crippen molar-refractivity contribution in [3.63, 3.8) is 0 Å². The summed E-state index contributed by atoms with van der Waals surface area (Å²) in [6.07, 6.45) is 5.28. The van der Waals surface area contributed by atoms with Crippen LogP contribution in [0.3, 0.4) is 0 Å². The molecule has 0 radical (unpaired) electrons. The Balaban J connectivity index is 1.30. The van der Waals surface area contributed by atoms with Crippen molar-refractivity contribution in [1.29, 1.82) is 0 Å². The molecule has 0 aliphatic heterocycles. The van der Waals surface area contributed by atoms with Crippen molar-refractivity contribution in [3.8, 4) is 5.75 Å². The average molecular weight is 396 g/mol. The number of rotatable bonds is 5. The summed E-state index contributed by atoms with van der Waals surface area (Å²) in [5.74, 6) is 2.26. The van der Waals surface area contributed by atoms with E-state index in [1.54, 1.807) is 19.2 Å². The van der Waals surface area contributed by atoms with E-state index in [0.717, 1.165) is 29.0 Å². The Hall–Kier alpha value is -2.60. The second-order valence-electron chi connectivity index (χ2n) is 7.64. The Morgan fingerprint density at radius 3 is 2.25 bits per heavy atom. The van der Waals surface area contributed by atoms with Gasteiger partial charge in [-0.1, -0.05) is 6.42 Å². The monoisotopic (exact) mass is 395 g/mol. The number of fused-ring (bicyclic) bond motifs is 2. The van der Waals surface area contributed by atoms with Crippen LogP contribution in [-0.4, -0.2) is 24.2 Å². The Morgan fingerprint density at radius 1 is 0.964 bits per heavy atom. The fraction of sp³-hybridized carbons (Fsp3) is 0.364. The van der Waals surface area contributed by atoms with Crippen molar-refractivity contribution in [3.05, 3.63) is 54.1 Å². The second-order valence-corrected chi connectivity index (χ2v) is 8.05. The molecular formula is C22H25N3O2S. The molecule has 2 bridgehead atoms. The van der Waals surface area contributed by atoms with Crippen LogP contribution in [0.15, 0.2) is 48.5 Å². The van der Waals surface area contributed by atoms with Crippen LogP contribution in [0.25, 0.3) is 0 Å². The third-order valence-electron chi connectivity index (χ3n) is 5.81. The third kappa shape index (κ3) is 4.28. The summed E-state index contributed by atoms with van der Waals surface area (Å²) in [6.45, 7) is 0. The van der Waals surface area contributed by atoms with Crippen LogP contribution >= 0.6 is 12.2 Å². The maximum Gasteiger partial charge on any atom is 0.255 e. The molecule has 5 nitrogen and oxygen atoms in total. The van der Waals surface area contributed by atoms with Crippen molar-refractivity contribution in [2.24, 2.45) is 11.8 Å². The van der Waals surface area contributed by atoms with Crippen LogP contribution in [0, 0.1) is 11.8 Å². The number of carbonyl (C=O) groups is 1. The Kier molecular flexibility index (Phi) is 5.48. The van der Waals surface area contributed by atoms with Gasteiger partial charge in [0.2, 0.25) is 0 Å². The molecule has 0 heterocycles. The minimum Gasteiger partial charge on any atom is -0.497 e. The first kappa shape index (κ1) is 18.7. The quantitative estimate of drug-likeness (QED) is 0.654. The first-order chi connectivity index (χ1) is 13.6. The van der Waals surface area contributed by atoms with Gasteiger partial charge in [-0.15, -0.1) is 0 Å². The zero-order valence-electron chi connectivity index (χ0n) is 15.9. The largest absolute Gasteiger partial charge is 0.497 e. The van der Waals surface area contributed by atoms with Crippen molar-refractivity contribution in [1.82, 2.24) is 5.32 Å². The number of thiocarbonyl (C=S) groups is 1. The number of ether oxygens (including phenoxy) is 1. The molecule has 2 saturated carbocycles. The molecular weight excluding hydrogens is 370 g/mol. The summed E-state index contributed by atoms with van der Waals surface area (Å²) < 4.78 is 5.12. The number of hydrogen-bond donors (Lipinski definition) is 3. The molecule has 3 N–H and O–H groups in total. The van der Waals surface area contributed by atoms with Crippen LogP contribution < -0.4 is 20.7 Å². The van der Waals surface area contributed by atoms with Gasteiger partial charge in [-0.2, -0.15) is 0 Å². The highest BCUT2D eigenvalue weighted by Gasteiger charge is 2.39. The van der Waals surface area contributed by atoms with Gasteiger partial charge in [0.25, 0.3) is 5.91 Å². The van der Waals surface area contributed by atoms with Gasteiger partial charge in [0, 0.05) is 23.0 Å². The van der Waals surface area contributed by atoms with E-state index in [1.807, 2.05) is 36.4 Å². The summed E-state index contributed by atoms with van der Waals surface area (Å²) in [4.78, 5) is 12.4. The van der Waals surface area contributed by atoms with Gasteiger partial charge in [-0.3, -0.25) is 4.79 Å². The molecule has 146 valence electrons. The van der Waals surface area contributed by atoms with Crippen LogP contribution in [0.2, 0.25) is 0 Å². The first-order valence-corrected chi connectivity index (χ1v) is 10.1. The van der Waals surface area contributed by atoms with E-state index in [9.17, 15) is 4.79 Å². The van der Waals surface area contributed by atoms with Crippen LogP contribution in [-0.2, 0) is 0 Å². The lowest BCUT2D eigenvalue weighted by atomic mass is 9.96. The van der Waals surface area contributed by atoms with Crippen molar-refractivity contribution in [2.75, 3.05) is 17.7 Å². The molecule has 3 atom stereocenters. The van der Waals surface area contributed by atoms with Crippen LogP contribution in [0.1, 0.15) is 36.0 Å².